The fourth-order valence-corrected chi connectivity index (χ4v) is 4.20. The highest BCUT2D eigenvalue weighted by Crippen LogP contribution is 2.28. The average molecular weight is 438 g/mol. The van der Waals surface area contributed by atoms with Crippen LogP contribution in [-0.2, 0) is 0 Å². The number of nitrogens with zero attached hydrogens (tertiary/aromatic N) is 4. The van der Waals surface area contributed by atoms with Crippen LogP contribution in [0.5, 0.6) is 5.75 Å². The number of carbonyl (C=O) groups excluding carboxylic acids is 1. The molecule has 0 spiro atoms. The van der Waals surface area contributed by atoms with Gasteiger partial charge in [0.1, 0.15) is 17.2 Å². The van der Waals surface area contributed by atoms with Gasteiger partial charge in [-0.2, -0.15) is 0 Å². The Bertz CT molecular complexity index is 1040. The molecule has 3 N–H and O–H groups in total. The fraction of sp³-hybridized carbons (Fsp3) is 0.417. The Morgan fingerprint density at radius 3 is 2.69 bits per heavy atom. The Morgan fingerprint density at radius 2 is 1.97 bits per heavy atom. The van der Waals surface area contributed by atoms with Gasteiger partial charge >= 0.3 is 0 Å². The summed E-state index contributed by atoms with van der Waals surface area (Å²) in [5, 5.41) is 11.2. The van der Waals surface area contributed by atoms with Gasteiger partial charge in [0.2, 0.25) is 0 Å². The highest BCUT2D eigenvalue weighted by atomic mass is 16.5. The fourth-order valence-electron chi connectivity index (χ4n) is 4.20. The smallest absolute Gasteiger partial charge is 0.253 e. The maximum Gasteiger partial charge on any atom is 0.253 e. The summed E-state index contributed by atoms with van der Waals surface area (Å²) in [6.07, 6.45) is 5.70. The first-order chi connectivity index (χ1) is 15.5. The Hall–Kier alpha value is -3.10. The molecule has 1 saturated heterocycles. The molecule has 3 aromatic rings. The third-order valence-electron chi connectivity index (χ3n) is 6.02. The molecule has 0 aliphatic carbocycles. The van der Waals surface area contributed by atoms with E-state index in [4.69, 9.17) is 10.5 Å². The molecular weight excluding hydrogens is 406 g/mol. The van der Waals surface area contributed by atoms with Crippen LogP contribution in [0.1, 0.15) is 29.6 Å². The number of ether oxygens (including phenoxy) is 1. The zero-order chi connectivity index (χ0) is 22.6. The van der Waals surface area contributed by atoms with Crippen LogP contribution in [0.4, 0.5) is 5.82 Å². The second kappa shape index (κ2) is 9.58. The van der Waals surface area contributed by atoms with Crippen molar-refractivity contribution < 1.29 is 14.6 Å². The maximum absolute atomic E-state index is 12.9. The Labute approximate surface area is 188 Å². The van der Waals surface area contributed by atoms with Crippen LogP contribution in [0.25, 0.3) is 5.65 Å². The zero-order valence-electron chi connectivity index (χ0n) is 18.5. The Kier molecular flexibility index (Phi) is 6.62. The summed E-state index contributed by atoms with van der Waals surface area (Å²) in [6, 6.07) is 13.1. The topological polar surface area (TPSA) is 96.3 Å². The lowest BCUT2D eigenvalue weighted by atomic mass is 9.90. The normalized spacial score (nSPS) is 15.7. The van der Waals surface area contributed by atoms with Crippen molar-refractivity contribution in [1.29, 1.82) is 0 Å². The number of nitrogens with two attached hydrogens (primary N) is 1. The maximum atomic E-state index is 12.9. The van der Waals surface area contributed by atoms with Crippen LogP contribution in [0.3, 0.4) is 0 Å². The first-order valence-corrected chi connectivity index (χ1v) is 11.1. The van der Waals surface area contributed by atoms with E-state index in [2.05, 4.69) is 20.4 Å². The molecule has 1 fully saturated rings. The third-order valence-corrected chi connectivity index (χ3v) is 6.02. The molecule has 2 aromatic heterocycles. The molecule has 170 valence electrons. The summed E-state index contributed by atoms with van der Waals surface area (Å²) in [4.78, 5) is 21.1. The first kappa shape index (κ1) is 22.1. The largest absolute Gasteiger partial charge is 0.494 e. The summed E-state index contributed by atoms with van der Waals surface area (Å²) in [7, 11) is 1.74. The van der Waals surface area contributed by atoms with E-state index in [9.17, 15) is 9.90 Å². The lowest BCUT2D eigenvalue weighted by Gasteiger charge is -2.41. The molecule has 1 aliphatic rings. The monoisotopic (exact) mass is 437 g/mol. The van der Waals surface area contributed by atoms with Gasteiger partial charge in [-0.05, 0) is 62.2 Å². The van der Waals surface area contributed by atoms with Gasteiger partial charge in [-0.25, -0.2) is 4.98 Å². The average Bonchev–Trinajstić information content (AvgIpc) is 3.29. The van der Waals surface area contributed by atoms with Crippen LogP contribution in [0.2, 0.25) is 0 Å². The number of likely N-dealkylation sites (N-methyl/N-ethyl adjacent to an activating group) is 1. The van der Waals surface area contributed by atoms with Crippen LogP contribution < -0.4 is 15.4 Å². The Balaban J connectivity index is 1.33. The van der Waals surface area contributed by atoms with Gasteiger partial charge in [-0.3, -0.25) is 9.20 Å². The number of carbonyl (C=O) groups is 1. The van der Waals surface area contributed by atoms with E-state index >= 15 is 0 Å². The molecule has 0 bridgehead atoms. The van der Waals surface area contributed by atoms with E-state index < -0.39 is 5.60 Å². The molecular formula is C24H31N5O3. The van der Waals surface area contributed by atoms with E-state index in [0.29, 0.717) is 51.2 Å². The number of anilines is 1. The molecule has 8 nitrogen and oxygen atoms in total. The minimum absolute atomic E-state index is 0.113. The molecule has 0 saturated carbocycles. The number of benzene rings is 1. The number of rotatable bonds is 8. The Morgan fingerprint density at radius 1 is 1.22 bits per heavy atom. The summed E-state index contributed by atoms with van der Waals surface area (Å²) < 4.78 is 7.65. The lowest BCUT2D eigenvalue weighted by Crippen LogP contribution is -2.51. The van der Waals surface area contributed by atoms with E-state index in [1.54, 1.807) is 42.4 Å². The van der Waals surface area contributed by atoms with Crippen molar-refractivity contribution in [3.63, 3.8) is 0 Å². The van der Waals surface area contributed by atoms with Gasteiger partial charge in [-0.1, -0.05) is 6.07 Å². The molecule has 0 radical (unpaired) electrons. The molecule has 8 heteroatoms. The van der Waals surface area contributed by atoms with Gasteiger partial charge in [-0.15, -0.1) is 0 Å². The van der Waals surface area contributed by atoms with Gasteiger partial charge < -0.3 is 25.4 Å². The van der Waals surface area contributed by atoms with Crippen molar-refractivity contribution in [2.24, 2.45) is 5.73 Å². The standard InChI is InChI=1S/C24H31N5O3/c1-27(23(30)19-6-8-20(9-7-19)32-17-3-12-25)18-24(31)10-14-28(15-11-24)22-5-2-4-21-26-13-16-29(21)22/h2,4-9,13,16,31H,3,10-12,14-15,17-18,25H2,1H3. The molecule has 4 rings (SSSR count). The molecule has 3 heterocycles. The molecule has 0 atom stereocenters. The number of aromatic nitrogens is 2. The highest BCUT2D eigenvalue weighted by molar-refractivity contribution is 5.94. The van der Waals surface area contributed by atoms with Gasteiger partial charge in [0.25, 0.3) is 5.91 Å². The van der Waals surface area contributed by atoms with Gasteiger partial charge in [0.05, 0.1) is 12.2 Å². The second-order valence-corrected chi connectivity index (χ2v) is 8.43. The SMILES string of the molecule is CN(CC1(O)CCN(c2cccc3nccn23)CC1)C(=O)c1ccc(OCCCN)cc1. The molecule has 1 amide bonds. The highest BCUT2D eigenvalue weighted by Gasteiger charge is 2.35. The molecule has 0 unspecified atom stereocenters. The number of hydrogen-bond donors (Lipinski definition) is 2. The predicted octanol–water partition coefficient (Wildman–Crippen LogP) is 2.17. The summed E-state index contributed by atoms with van der Waals surface area (Å²) in [5.41, 5.74) is 6.05. The summed E-state index contributed by atoms with van der Waals surface area (Å²) in [6.45, 7) is 2.86. The minimum Gasteiger partial charge on any atom is -0.494 e. The van der Waals surface area contributed by atoms with Crippen molar-refractivity contribution in [3.05, 3.63) is 60.4 Å². The number of piperidine rings is 1. The third kappa shape index (κ3) is 4.87. The van der Waals surface area contributed by atoms with Crippen molar-refractivity contribution in [3.8, 4) is 5.75 Å². The first-order valence-electron chi connectivity index (χ1n) is 11.1. The van der Waals surface area contributed by atoms with Crippen molar-refractivity contribution >= 4 is 17.4 Å². The minimum atomic E-state index is -0.908. The van der Waals surface area contributed by atoms with E-state index in [1.165, 1.54) is 0 Å². The van der Waals surface area contributed by atoms with E-state index in [1.807, 2.05) is 18.3 Å². The van der Waals surface area contributed by atoms with Crippen molar-refractivity contribution in [2.45, 2.75) is 24.9 Å². The number of imidazole rings is 1. The van der Waals surface area contributed by atoms with Crippen molar-refractivity contribution in [2.75, 3.05) is 44.7 Å². The second-order valence-electron chi connectivity index (χ2n) is 8.43. The lowest BCUT2D eigenvalue weighted by molar-refractivity contribution is -0.00813. The number of hydrogen-bond acceptors (Lipinski definition) is 6. The molecule has 1 aliphatic heterocycles. The van der Waals surface area contributed by atoms with Crippen LogP contribution in [-0.4, -0.2) is 70.7 Å². The predicted molar refractivity (Wildman–Crippen MR) is 124 cm³/mol. The number of aliphatic hydroxyl groups is 1. The number of pyridine rings is 1. The van der Waals surface area contributed by atoms with E-state index in [0.717, 1.165) is 23.6 Å². The van der Waals surface area contributed by atoms with Gasteiger partial charge in [0, 0.05) is 44.6 Å². The molecule has 1 aromatic carbocycles. The quantitative estimate of drug-likeness (QED) is 0.525. The number of amides is 1. The number of fused-ring (bicyclic) bond motifs is 1. The summed E-state index contributed by atoms with van der Waals surface area (Å²) >= 11 is 0. The van der Waals surface area contributed by atoms with Crippen LogP contribution in [0, 0.1) is 0 Å². The van der Waals surface area contributed by atoms with Crippen LogP contribution in [0.15, 0.2) is 54.9 Å². The summed E-state index contributed by atoms with van der Waals surface area (Å²) in [5.74, 6) is 1.68. The molecule has 32 heavy (non-hydrogen) atoms. The van der Waals surface area contributed by atoms with Gasteiger partial charge in [0.15, 0.2) is 0 Å². The van der Waals surface area contributed by atoms with E-state index in [-0.39, 0.29) is 5.91 Å². The van der Waals surface area contributed by atoms with Crippen LogP contribution >= 0.6 is 0 Å². The zero-order valence-corrected chi connectivity index (χ0v) is 18.5. The van der Waals surface area contributed by atoms with Crippen molar-refractivity contribution in [1.82, 2.24) is 14.3 Å².